The molecule has 0 spiro atoms. The predicted molar refractivity (Wildman–Crippen MR) is 91.0 cm³/mol. The van der Waals surface area contributed by atoms with E-state index in [9.17, 15) is 14.0 Å². The van der Waals surface area contributed by atoms with Gasteiger partial charge < -0.3 is 21.3 Å². The number of carbonyl (C=O) groups excluding carboxylic acids is 2. The Morgan fingerprint density at radius 3 is 2.96 bits per heavy atom. The van der Waals surface area contributed by atoms with Crippen molar-refractivity contribution in [2.24, 2.45) is 11.7 Å². The number of anilines is 1. The second-order valence-electron chi connectivity index (χ2n) is 6.37. The maximum atomic E-state index is 13.1. The van der Waals surface area contributed by atoms with Gasteiger partial charge in [-0.2, -0.15) is 0 Å². The van der Waals surface area contributed by atoms with Crippen molar-refractivity contribution in [1.82, 2.24) is 10.2 Å². The molecule has 1 saturated heterocycles. The Kier molecular flexibility index (Phi) is 6.54. The van der Waals surface area contributed by atoms with Crippen LogP contribution in [0.5, 0.6) is 0 Å². The second kappa shape index (κ2) is 8.63. The smallest absolute Gasteiger partial charge is 0.319 e. The molecule has 1 fully saturated rings. The fourth-order valence-corrected chi connectivity index (χ4v) is 2.84. The lowest BCUT2D eigenvalue weighted by atomic mass is 9.97. The molecule has 0 saturated carbocycles. The van der Waals surface area contributed by atoms with Gasteiger partial charge in [0.1, 0.15) is 5.82 Å². The van der Waals surface area contributed by atoms with Gasteiger partial charge in [0, 0.05) is 37.8 Å². The Morgan fingerprint density at radius 1 is 1.46 bits per heavy atom. The van der Waals surface area contributed by atoms with E-state index in [-0.39, 0.29) is 23.9 Å². The monoisotopic (exact) mass is 336 g/mol. The van der Waals surface area contributed by atoms with E-state index in [1.807, 2.05) is 11.8 Å². The highest BCUT2D eigenvalue weighted by Crippen LogP contribution is 2.17. The molecule has 2 atom stereocenters. The SMILES string of the molecule is CC(N)CC(=O)N1CCCC(CNC(=O)Nc2cccc(F)c2)C1. The molecule has 6 nitrogen and oxygen atoms in total. The van der Waals surface area contributed by atoms with E-state index in [1.54, 1.807) is 6.07 Å². The molecule has 1 aliphatic rings. The number of halogens is 1. The third-order valence-electron chi connectivity index (χ3n) is 4.00. The number of nitrogens with one attached hydrogen (secondary N) is 2. The Hall–Kier alpha value is -2.15. The standard InChI is InChI=1S/C17H25FN4O2/c1-12(19)8-16(23)22-7-3-4-13(11-22)10-20-17(24)21-15-6-2-5-14(18)9-15/h2,5-6,9,12-13H,3-4,7-8,10-11,19H2,1H3,(H2,20,21,24). The zero-order chi connectivity index (χ0) is 17.5. The number of urea groups is 1. The van der Waals surface area contributed by atoms with Crippen molar-refractivity contribution in [3.63, 3.8) is 0 Å². The van der Waals surface area contributed by atoms with E-state index in [0.717, 1.165) is 19.4 Å². The molecule has 132 valence electrons. The third-order valence-corrected chi connectivity index (χ3v) is 4.00. The lowest BCUT2D eigenvalue weighted by Crippen LogP contribution is -2.45. The number of amides is 3. The number of likely N-dealkylation sites (tertiary alicyclic amines) is 1. The highest BCUT2D eigenvalue weighted by atomic mass is 19.1. The summed E-state index contributed by atoms with van der Waals surface area (Å²) >= 11 is 0. The lowest BCUT2D eigenvalue weighted by molar-refractivity contribution is -0.133. The van der Waals surface area contributed by atoms with Crippen LogP contribution in [0, 0.1) is 11.7 Å². The van der Waals surface area contributed by atoms with Gasteiger partial charge in [-0.25, -0.2) is 9.18 Å². The normalized spacial score (nSPS) is 18.8. The summed E-state index contributed by atoms with van der Waals surface area (Å²) in [6.07, 6.45) is 2.23. The van der Waals surface area contributed by atoms with Gasteiger partial charge in [0.25, 0.3) is 0 Å². The molecular formula is C17H25FN4O2. The Balaban J connectivity index is 1.76. The topological polar surface area (TPSA) is 87.5 Å². The van der Waals surface area contributed by atoms with Gasteiger partial charge >= 0.3 is 6.03 Å². The molecule has 0 bridgehead atoms. The van der Waals surface area contributed by atoms with Gasteiger partial charge in [-0.05, 0) is 43.9 Å². The number of benzene rings is 1. The van der Waals surface area contributed by atoms with Crippen molar-refractivity contribution in [1.29, 1.82) is 0 Å². The van der Waals surface area contributed by atoms with Crippen LogP contribution in [-0.2, 0) is 4.79 Å². The van der Waals surface area contributed by atoms with Crippen molar-refractivity contribution in [2.75, 3.05) is 25.0 Å². The van der Waals surface area contributed by atoms with Crippen molar-refractivity contribution in [3.8, 4) is 0 Å². The van der Waals surface area contributed by atoms with Crippen LogP contribution < -0.4 is 16.4 Å². The summed E-state index contributed by atoms with van der Waals surface area (Å²) in [6.45, 7) is 3.67. The average molecular weight is 336 g/mol. The molecule has 1 aromatic carbocycles. The van der Waals surface area contributed by atoms with Crippen LogP contribution in [0.1, 0.15) is 26.2 Å². The molecule has 1 heterocycles. The summed E-state index contributed by atoms with van der Waals surface area (Å²) in [6, 6.07) is 5.21. The summed E-state index contributed by atoms with van der Waals surface area (Å²) in [5, 5.41) is 5.38. The molecule has 0 radical (unpaired) electrons. The molecular weight excluding hydrogens is 311 g/mol. The van der Waals surface area contributed by atoms with Gasteiger partial charge in [0.05, 0.1) is 0 Å². The quantitative estimate of drug-likeness (QED) is 0.768. The summed E-state index contributed by atoms with van der Waals surface area (Å²) in [5.41, 5.74) is 6.08. The molecule has 2 rings (SSSR count). The minimum atomic E-state index is -0.400. The first kappa shape index (κ1) is 18.2. The van der Waals surface area contributed by atoms with Crippen LogP contribution in [0.15, 0.2) is 24.3 Å². The summed E-state index contributed by atoms with van der Waals surface area (Å²) in [5.74, 6) is -0.115. The molecule has 4 N–H and O–H groups in total. The molecule has 24 heavy (non-hydrogen) atoms. The van der Waals surface area contributed by atoms with Crippen LogP contribution in [0.25, 0.3) is 0 Å². The first-order chi connectivity index (χ1) is 11.4. The predicted octanol–water partition coefficient (Wildman–Crippen LogP) is 1.92. The number of rotatable bonds is 5. The van der Waals surface area contributed by atoms with E-state index >= 15 is 0 Å². The van der Waals surface area contributed by atoms with E-state index in [1.165, 1.54) is 18.2 Å². The fraction of sp³-hybridized carbons (Fsp3) is 0.529. The van der Waals surface area contributed by atoms with E-state index < -0.39 is 5.82 Å². The first-order valence-electron chi connectivity index (χ1n) is 8.28. The maximum Gasteiger partial charge on any atom is 0.319 e. The number of nitrogens with two attached hydrogens (primary N) is 1. The van der Waals surface area contributed by atoms with Crippen LogP contribution in [0.2, 0.25) is 0 Å². The Labute approximate surface area is 141 Å². The van der Waals surface area contributed by atoms with Crippen LogP contribution in [-0.4, -0.2) is 42.5 Å². The average Bonchev–Trinajstić information content (AvgIpc) is 2.52. The molecule has 0 aromatic heterocycles. The largest absolute Gasteiger partial charge is 0.342 e. The molecule has 3 amide bonds. The number of piperidine rings is 1. The fourth-order valence-electron chi connectivity index (χ4n) is 2.84. The number of hydrogen-bond acceptors (Lipinski definition) is 3. The minimum absolute atomic E-state index is 0.0684. The van der Waals surface area contributed by atoms with Crippen molar-refractivity contribution < 1.29 is 14.0 Å². The van der Waals surface area contributed by atoms with E-state index in [0.29, 0.717) is 25.2 Å². The minimum Gasteiger partial charge on any atom is -0.342 e. The lowest BCUT2D eigenvalue weighted by Gasteiger charge is -2.33. The molecule has 0 aliphatic carbocycles. The molecule has 7 heteroatoms. The van der Waals surface area contributed by atoms with Crippen LogP contribution >= 0.6 is 0 Å². The van der Waals surface area contributed by atoms with Crippen LogP contribution in [0.3, 0.4) is 0 Å². The molecule has 1 aromatic rings. The van der Waals surface area contributed by atoms with Crippen LogP contribution in [0.4, 0.5) is 14.9 Å². The zero-order valence-electron chi connectivity index (χ0n) is 13.9. The van der Waals surface area contributed by atoms with Crippen molar-refractivity contribution in [3.05, 3.63) is 30.1 Å². The molecule has 1 aliphatic heterocycles. The van der Waals surface area contributed by atoms with Gasteiger partial charge in [-0.3, -0.25) is 4.79 Å². The maximum absolute atomic E-state index is 13.1. The number of hydrogen-bond donors (Lipinski definition) is 3. The second-order valence-corrected chi connectivity index (χ2v) is 6.37. The highest BCUT2D eigenvalue weighted by Gasteiger charge is 2.24. The van der Waals surface area contributed by atoms with Gasteiger partial charge in [-0.1, -0.05) is 6.07 Å². The third kappa shape index (κ3) is 5.81. The first-order valence-corrected chi connectivity index (χ1v) is 8.28. The summed E-state index contributed by atoms with van der Waals surface area (Å²) in [4.78, 5) is 25.8. The van der Waals surface area contributed by atoms with Gasteiger partial charge in [0.2, 0.25) is 5.91 Å². The van der Waals surface area contributed by atoms with E-state index in [2.05, 4.69) is 10.6 Å². The Morgan fingerprint density at radius 2 is 2.25 bits per heavy atom. The molecule has 2 unspecified atom stereocenters. The number of nitrogens with zero attached hydrogens (tertiary/aromatic N) is 1. The van der Waals surface area contributed by atoms with Crippen molar-refractivity contribution in [2.45, 2.75) is 32.2 Å². The van der Waals surface area contributed by atoms with E-state index in [4.69, 9.17) is 5.73 Å². The Bertz CT molecular complexity index is 579. The zero-order valence-corrected chi connectivity index (χ0v) is 13.9. The highest BCUT2D eigenvalue weighted by molar-refractivity contribution is 5.89. The van der Waals surface area contributed by atoms with Gasteiger partial charge in [-0.15, -0.1) is 0 Å². The number of carbonyl (C=O) groups is 2. The van der Waals surface area contributed by atoms with Gasteiger partial charge in [0.15, 0.2) is 0 Å². The summed E-state index contributed by atoms with van der Waals surface area (Å²) < 4.78 is 13.1. The van der Waals surface area contributed by atoms with Crippen molar-refractivity contribution >= 4 is 17.6 Å². The summed E-state index contributed by atoms with van der Waals surface area (Å²) in [7, 11) is 0.